The van der Waals surface area contributed by atoms with Crippen LogP contribution < -0.4 is 10.1 Å². The first-order valence-electron chi connectivity index (χ1n) is 8.43. The molecular weight excluding hydrogens is 357 g/mol. The highest BCUT2D eigenvalue weighted by Crippen LogP contribution is 2.31. The Bertz CT molecular complexity index is 948. The monoisotopic (exact) mass is 376 g/mol. The molecule has 142 valence electrons. The van der Waals surface area contributed by atoms with Gasteiger partial charge in [-0.25, -0.2) is 0 Å². The maximum atomic E-state index is 13.0. The van der Waals surface area contributed by atoms with Crippen LogP contribution >= 0.6 is 0 Å². The fraction of sp³-hybridized carbons (Fsp3) is 0.250. The van der Waals surface area contributed by atoms with Crippen LogP contribution in [0.5, 0.6) is 5.75 Å². The molecule has 27 heavy (non-hydrogen) atoms. The molecule has 0 saturated carbocycles. The summed E-state index contributed by atoms with van der Waals surface area (Å²) < 4.78 is 45.9. The molecule has 1 N–H and O–H groups in total. The van der Waals surface area contributed by atoms with Crippen LogP contribution in [-0.2, 0) is 23.9 Å². The van der Waals surface area contributed by atoms with Gasteiger partial charge < -0.3 is 14.6 Å². The second-order valence-corrected chi connectivity index (χ2v) is 6.12. The van der Waals surface area contributed by atoms with Crippen molar-refractivity contribution in [2.45, 2.75) is 19.1 Å². The summed E-state index contributed by atoms with van der Waals surface area (Å²) in [5.41, 5.74) is 0.391. The minimum atomic E-state index is -4.40. The van der Waals surface area contributed by atoms with Crippen LogP contribution in [0.4, 0.5) is 13.2 Å². The van der Waals surface area contributed by atoms with Gasteiger partial charge in [0.15, 0.2) is 0 Å². The summed E-state index contributed by atoms with van der Waals surface area (Å²) in [4.78, 5) is 12.2. The standard InChI is InChI=1S/C20H19F3N2O2/c1-27-16-6-7-18-15(12-16)9-11-25(18)13-19(26)24-10-8-14-4-2-3-5-17(14)20(21,22)23/h2-7,9,11-12H,8,10,13H2,1H3,(H,24,26). The fourth-order valence-electron chi connectivity index (χ4n) is 3.01. The molecule has 4 nitrogen and oxygen atoms in total. The van der Waals surface area contributed by atoms with Crippen LogP contribution in [0.25, 0.3) is 10.9 Å². The number of alkyl halides is 3. The number of nitrogens with zero attached hydrogens (tertiary/aromatic N) is 1. The van der Waals surface area contributed by atoms with Gasteiger partial charge in [0.1, 0.15) is 12.3 Å². The van der Waals surface area contributed by atoms with Gasteiger partial charge in [0.25, 0.3) is 0 Å². The molecule has 1 aromatic heterocycles. The van der Waals surface area contributed by atoms with Crippen molar-refractivity contribution in [3.63, 3.8) is 0 Å². The second-order valence-electron chi connectivity index (χ2n) is 6.12. The molecule has 3 aromatic rings. The SMILES string of the molecule is COc1ccc2c(ccn2CC(=O)NCCc2ccccc2C(F)(F)F)c1. The van der Waals surface area contributed by atoms with Gasteiger partial charge in [-0.3, -0.25) is 4.79 Å². The number of nitrogens with one attached hydrogen (secondary N) is 1. The fourth-order valence-corrected chi connectivity index (χ4v) is 3.01. The van der Waals surface area contributed by atoms with Crippen molar-refractivity contribution >= 4 is 16.8 Å². The normalized spacial score (nSPS) is 11.6. The van der Waals surface area contributed by atoms with E-state index in [9.17, 15) is 18.0 Å². The van der Waals surface area contributed by atoms with E-state index >= 15 is 0 Å². The maximum Gasteiger partial charge on any atom is 0.416 e. The molecule has 3 rings (SSSR count). The number of rotatable bonds is 6. The van der Waals surface area contributed by atoms with Crippen LogP contribution in [0, 0.1) is 0 Å². The molecule has 0 radical (unpaired) electrons. The molecule has 7 heteroatoms. The van der Waals surface area contributed by atoms with Crippen molar-refractivity contribution in [1.29, 1.82) is 0 Å². The van der Waals surface area contributed by atoms with Gasteiger partial charge in [-0.1, -0.05) is 18.2 Å². The lowest BCUT2D eigenvalue weighted by Crippen LogP contribution is -2.29. The third kappa shape index (κ3) is 4.42. The zero-order valence-corrected chi connectivity index (χ0v) is 14.7. The third-order valence-corrected chi connectivity index (χ3v) is 4.33. The van der Waals surface area contributed by atoms with Crippen LogP contribution in [0.2, 0.25) is 0 Å². The number of aromatic nitrogens is 1. The highest BCUT2D eigenvalue weighted by atomic mass is 19.4. The average molecular weight is 376 g/mol. The van der Waals surface area contributed by atoms with Gasteiger partial charge in [-0.05, 0) is 42.3 Å². The van der Waals surface area contributed by atoms with Crippen LogP contribution in [0.3, 0.4) is 0 Å². The number of halogens is 3. The van der Waals surface area contributed by atoms with E-state index in [2.05, 4.69) is 5.32 Å². The average Bonchev–Trinajstić information content (AvgIpc) is 3.03. The molecule has 0 aliphatic carbocycles. The number of ether oxygens (including phenoxy) is 1. The summed E-state index contributed by atoms with van der Waals surface area (Å²) >= 11 is 0. The van der Waals surface area contributed by atoms with Crippen LogP contribution in [-0.4, -0.2) is 24.1 Å². The van der Waals surface area contributed by atoms with E-state index < -0.39 is 11.7 Å². The largest absolute Gasteiger partial charge is 0.497 e. The number of carbonyl (C=O) groups excluding carboxylic acids is 1. The Morgan fingerprint density at radius 3 is 2.67 bits per heavy atom. The lowest BCUT2D eigenvalue weighted by atomic mass is 10.0. The summed E-state index contributed by atoms with van der Waals surface area (Å²) in [6.07, 6.45) is -2.49. The number of amides is 1. The van der Waals surface area contributed by atoms with E-state index in [1.165, 1.54) is 12.1 Å². The van der Waals surface area contributed by atoms with E-state index in [4.69, 9.17) is 4.74 Å². The molecule has 0 aliphatic rings. The van der Waals surface area contributed by atoms with Gasteiger partial charge in [0.2, 0.25) is 5.91 Å². The number of carbonyl (C=O) groups is 1. The quantitative estimate of drug-likeness (QED) is 0.706. The van der Waals surface area contributed by atoms with E-state index in [0.29, 0.717) is 0 Å². The number of benzene rings is 2. The lowest BCUT2D eigenvalue weighted by molar-refractivity contribution is -0.138. The van der Waals surface area contributed by atoms with Crippen LogP contribution in [0.15, 0.2) is 54.7 Å². The molecule has 0 bridgehead atoms. The molecule has 0 atom stereocenters. The van der Waals surface area contributed by atoms with Crippen molar-refractivity contribution in [3.8, 4) is 5.75 Å². The Morgan fingerprint density at radius 1 is 1.15 bits per heavy atom. The molecule has 1 amide bonds. The van der Waals surface area contributed by atoms with E-state index in [1.807, 2.05) is 24.3 Å². The predicted octanol–water partition coefficient (Wildman–Crippen LogP) is 4.03. The molecule has 1 heterocycles. The Hall–Kier alpha value is -2.96. The van der Waals surface area contributed by atoms with Crippen molar-refractivity contribution in [2.75, 3.05) is 13.7 Å². The minimum Gasteiger partial charge on any atom is -0.497 e. The Labute approximate surface area is 154 Å². The molecule has 0 spiro atoms. The smallest absolute Gasteiger partial charge is 0.416 e. The summed E-state index contributed by atoms with van der Waals surface area (Å²) in [6, 6.07) is 12.8. The molecular formula is C20H19F3N2O2. The highest BCUT2D eigenvalue weighted by Gasteiger charge is 2.32. The van der Waals surface area contributed by atoms with E-state index in [-0.39, 0.29) is 31.0 Å². The summed E-state index contributed by atoms with van der Waals surface area (Å²) in [6.45, 7) is 0.232. The Kier molecular flexibility index (Phi) is 5.39. The first kappa shape index (κ1) is 18.8. The molecule has 2 aromatic carbocycles. The van der Waals surface area contributed by atoms with Crippen molar-refractivity contribution in [2.24, 2.45) is 0 Å². The highest BCUT2D eigenvalue weighted by molar-refractivity contribution is 5.84. The van der Waals surface area contributed by atoms with Crippen molar-refractivity contribution in [3.05, 3.63) is 65.9 Å². The second kappa shape index (κ2) is 7.73. The number of fused-ring (bicyclic) bond motifs is 1. The van der Waals surface area contributed by atoms with E-state index in [0.717, 1.165) is 22.7 Å². The molecule has 0 unspecified atom stereocenters. The van der Waals surface area contributed by atoms with Crippen molar-refractivity contribution in [1.82, 2.24) is 9.88 Å². The van der Waals surface area contributed by atoms with Crippen molar-refractivity contribution < 1.29 is 22.7 Å². The first-order valence-corrected chi connectivity index (χ1v) is 8.43. The van der Waals surface area contributed by atoms with Gasteiger partial charge in [0, 0.05) is 23.6 Å². The van der Waals surface area contributed by atoms with Gasteiger partial charge >= 0.3 is 6.18 Å². The number of methoxy groups -OCH3 is 1. The molecule has 0 saturated heterocycles. The van der Waals surface area contributed by atoms with E-state index in [1.54, 1.807) is 23.9 Å². The summed E-state index contributed by atoms with van der Waals surface area (Å²) in [7, 11) is 1.59. The predicted molar refractivity (Wildman–Crippen MR) is 96.6 cm³/mol. The minimum absolute atomic E-state index is 0.0940. The first-order chi connectivity index (χ1) is 12.9. The Morgan fingerprint density at radius 2 is 1.93 bits per heavy atom. The van der Waals surface area contributed by atoms with Crippen LogP contribution in [0.1, 0.15) is 11.1 Å². The zero-order chi connectivity index (χ0) is 19.4. The number of hydrogen-bond donors (Lipinski definition) is 1. The lowest BCUT2D eigenvalue weighted by Gasteiger charge is -2.13. The molecule has 0 fully saturated rings. The number of hydrogen-bond acceptors (Lipinski definition) is 2. The topological polar surface area (TPSA) is 43.3 Å². The zero-order valence-electron chi connectivity index (χ0n) is 14.7. The third-order valence-electron chi connectivity index (χ3n) is 4.33. The molecule has 0 aliphatic heterocycles. The van der Waals surface area contributed by atoms with Gasteiger partial charge in [-0.2, -0.15) is 13.2 Å². The van der Waals surface area contributed by atoms with Gasteiger partial charge in [0.05, 0.1) is 12.7 Å². The maximum absolute atomic E-state index is 13.0. The Balaban J connectivity index is 1.60. The summed E-state index contributed by atoms with van der Waals surface area (Å²) in [5.74, 6) is 0.473. The van der Waals surface area contributed by atoms with Gasteiger partial charge in [-0.15, -0.1) is 0 Å². The summed E-state index contributed by atoms with van der Waals surface area (Å²) in [5, 5.41) is 3.63.